The van der Waals surface area contributed by atoms with Crippen LogP contribution in [-0.2, 0) is 9.59 Å². The van der Waals surface area contributed by atoms with Gasteiger partial charge in [0.2, 0.25) is 5.91 Å². The molecule has 0 aromatic carbocycles. The topological polar surface area (TPSA) is 46.2 Å². The zero-order valence-electron chi connectivity index (χ0n) is 9.76. The molecule has 1 N–H and O–H groups in total. The van der Waals surface area contributed by atoms with Gasteiger partial charge in [0.25, 0.3) is 0 Å². The molecule has 0 spiro atoms. The van der Waals surface area contributed by atoms with Gasteiger partial charge in [0, 0.05) is 11.8 Å². The van der Waals surface area contributed by atoms with E-state index < -0.39 is 0 Å². The summed E-state index contributed by atoms with van der Waals surface area (Å²) in [6, 6.07) is 0. The third kappa shape index (κ3) is 4.40. The Balaban J connectivity index is 3.91. The normalized spacial score (nSPS) is 13.1. The Bertz CT molecular complexity index is 209. The summed E-state index contributed by atoms with van der Waals surface area (Å²) in [7, 11) is 0. The molecule has 82 valence electrons. The molecule has 0 rings (SSSR count). The molecule has 0 heterocycles. The third-order valence-corrected chi connectivity index (χ3v) is 2.49. The van der Waals surface area contributed by atoms with Gasteiger partial charge in [-0.1, -0.05) is 34.6 Å². The minimum atomic E-state index is -0.0333. The minimum Gasteiger partial charge on any atom is -0.349 e. The van der Waals surface area contributed by atoms with Gasteiger partial charge in [0.05, 0.1) is 6.54 Å². The molecule has 1 atom stereocenters. The van der Waals surface area contributed by atoms with E-state index in [4.69, 9.17) is 0 Å². The quantitative estimate of drug-likeness (QED) is 0.731. The zero-order chi connectivity index (χ0) is 11.3. The molecule has 0 bridgehead atoms. The molecule has 1 amide bonds. The number of carbonyl (C=O) groups is 2. The van der Waals surface area contributed by atoms with Crippen LogP contribution in [0.4, 0.5) is 0 Å². The van der Waals surface area contributed by atoms with Crippen molar-refractivity contribution in [1.82, 2.24) is 5.32 Å². The van der Waals surface area contributed by atoms with Crippen molar-refractivity contribution < 1.29 is 9.59 Å². The average Bonchev–Trinajstić information content (AvgIpc) is 2.11. The van der Waals surface area contributed by atoms with Gasteiger partial charge in [0.15, 0.2) is 5.78 Å². The Hall–Kier alpha value is -0.860. The van der Waals surface area contributed by atoms with Crippen molar-refractivity contribution in [2.45, 2.75) is 34.6 Å². The van der Waals surface area contributed by atoms with Crippen molar-refractivity contribution in [3.63, 3.8) is 0 Å². The van der Waals surface area contributed by atoms with E-state index in [0.717, 1.165) is 0 Å². The van der Waals surface area contributed by atoms with Crippen LogP contribution < -0.4 is 5.32 Å². The number of Topliss-reactive ketones (excluding diaryl/α,β-unsaturated/α-hetero) is 1. The number of hydrogen-bond acceptors (Lipinski definition) is 2. The van der Waals surface area contributed by atoms with Crippen LogP contribution in [0, 0.1) is 17.8 Å². The van der Waals surface area contributed by atoms with Crippen LogP contribution in [0.1, 0.15) is 34.6 Å². The highest BCUT2D eigenvalue weighted by Gasteiger charge is 2.17. The lowest BCUT2D eigenvalue weighted by Crippen LogP contribution is -2.36. The van der Waals surface area contributed by atoms with Crippen molar-refractivity contribution in [1.29, 1.82) is 0 Å². The predicted molar refractivity (Wildman–Crippen MR) is 56.9 cm³/mol. The maximum absolute atomic E-state index is 11.4. The van der Waals surface area contributed by atoms with E-state index in [1.165, 1.54) is 0 Å². The maximum Gasteiger partial charge on any atom is 0.223 e. The highest BCUT2D eigenvalue weighted by molar-refractivity contribution is 5.87. The maximum atomic E-state index is 11.4. The largest absolute Gasteiger partial charge is 0.349 e. The van der Waals surface area contributed by atoms with Crippen molar-refractivity contribution >= 4 is 11.7 Å². The first-order chi connectivity index (χ1) is 6.36. The first-order valence-corrected chi connectivity index (χ1v) is 5.16. The summed E-state index contributed by atoms with van der Waals surface area (Å²) in [4.78, 5) is 22.7. The Morgan fingerprint density at radius 3 is 1.93 bits per heavy atom. The molecule has 0 aliphatic carbocycles. The summed E-state index contributed by atoms with van der Waals surface area (Å²) in [6.07, 6.45) is 0. The van der Waals surface area contributed by atoms with Crippen molar-refractivity contribution in [2.75, 3.05) is 6.54 Å². The molecule has 3 nitrogen and oxygen atoms in total. The van der Waals surface area contributed by atoms with E-state index in [1.54, 1.807) is 0 Å². The third-order valence-electron chi connectivity index (χ3n) is 2.49. The fraction of sp³-hybridized carbons (Fsp3) is 0.818. The number of amides is 1. The molecule has 0 aromatic heterocycles. The number of nitrogens with one attached hydrogen (secondary N) is 1. The molecule has 0 saturated carbocycles. The second-order valence-corrected chi connectivity index (χ2v) is 4.37. The zero-order valence-corrected chi connectivity index (χ0v) is 9.76. The molecule has 14 heavy (non-hydrogen) atoms. The first-order valence-electron chi connectivity index (χ1n) is 5.16. The Morgan fingerprint density at radius 2 is 1.57 bits per heavy atom. The van der Waals surface area contributed by atoms with Crippen LogP contribution in [0.5, 0.6) is 0 Å². The van der Waals surface area contributed by atoms with Gasteiger partial charge in [-0.15, -0.1) is 0 Å². The van der Waals surface area contributed by atoms with Crippen LogP contribution in [0.2, 0.25) is 0 Å². The van der Waals surface area contributed by atoms with Gasteiger partial charge in [-0.05, 0) is 5.92 Å². The summed E-state index contributed by atoms with van der Waals surface area (Å²) in [5.74, 6) is 0.312. The summed E-state index contributed by atoms with van der Waals surface area (Å²) in [6.45, 7) is 9.69. The number of rotatable bonds is 5. The van der Waals surface area contributed by atoms with Crippen molar-refractivity contribution in [3.05, 3.63) is 0 Å². The monoisotopic (exact) mass is 199 g/mol. The molecule has 0 fully saturated rings. The Morgan fingerprint density at radius 1 is 1.07 bits per heavy atom. The molecule has 0 radical (unpaired) electrons. The molecule has 0 aliphatic heterocycles. The molecule has 0 saturated heterocycles. The minimum absolute atomic E-state index is 0.00958. The first kappa shape index (κ1) is 13.1. The van der Waals surface area contributed by atoms with Crippen LogP contribution in [-0.4, -0.2) is 18.2 Å². The lowest BCUT2D eigenvalue weighted by molar-refractivity contribution is -0.129. The van der Waals surface area contributed by atoms with Gasteiger partial charge in [0.1, 0.15) is 0 Å². The molecule has 0 aromatic rings. The summed E-state index contributed by atoms with van der Waals surface area (Å²) >= 11 is 0. The summed E-state index contributed by atoms with van der Waals surface area (Å²) < 4.78 is 0. The van der Waals surface area contributed by atoms with E-state index in [-0.39, 0.29) is 30.1 Å². The lowest BCUT2D eigenvalue weighted by Gasteiger charge is -2.15. The summed E-state index contributed by atoms with van der Waals surface area (Å²) in [5.41, 5.74) is 0. The summed E-state index contributed by atoms with van der Waals surface area (Å²) in [5, 5.41) is 2.66. The second kappa shape index (κ2) is 5.78. The van der Waals surface area contributed by atoms with E-state index in [2.05, 4.69) is 5.32 Å². The van der Waals surface area contributed by atoms with E-state index in [9.17, 15) is 9.59 Å². The van der Waals surface area contributed by atoms with E-state index in [1.807, 2.05) is 34.6 Å². The van der Waals surface area contributed by atoms with Gasteiger partial charge in [-0.3, -0.25) is 9.59 Å². The van der Waals surface area contributed by atoms with Crippen LogP contribution in [0.25, 0.3) is 0 Å². The smallest absolute Gasteiger partial charge is 0.223 e. The van der Waals surface area contributed by atoms with Gasteiger partial charge in [-0.25, -0.2) is 0 Å². The highest BCUT2D eigenvalue weighted by atomic mass is 16.2. The Labute approximate surface area is 86.3 Å². The van der Waals surface area contributed by atoms with E-state index in [0.29, 0.717) is 5.92 Å². The van der Waals surface area contributed by atoms with Crippen LogP contribution in [0.3, 0.4) is 0 Å². The predicted octanol–water partition coefficient (Wildman–Crippen LogP) is 1.62. The fourth-order valence-electron chi connectivity index (χ4n) is 0.842. The van der Waals surface area contributed by atoms with Gasteiger partial charge >= 0.3 is 0 Å². The molecule has 3 heteroatoms. The van der Waals surface area contributed by atoms with Crippen molar-refractivity contribution in [2.24, 2.45) is 17.8 Å². The molecule has 0 aliphatic rings. The Kier molecular flexibility index (Phi) is 5.43. The van der Waals surface area contributed by atoms with Crippen molar-refractivity contribution in [3.8, 4) is 0 Å². The number of carbonyl (C=O) groups excluding carboxylic acids is 2. The van der Waals surface area contributed by atoms with Crippen LogP contribution >= 0.6 is 0 Å². The standard InChI is InChI=1S/C11H21NO2/c1-7(2)9(5)11(14)12-6-10(13)8(3)4/h7-9H,6H2,1-5H3,(H,12,14). The average molecular weight is 199 g/mol. The van der Waals surface area contributed by atoms with E-state index >= 15 is 0 Å². The van der Waals surface area contributed by atoms with Gasteiger partial charge in [-0.2, -0.15) is 0 Å². The van der Waals surface area contributed by atoms with Gasteiger partial charge < -0.3 is 5.32 Å². The number of hydrogen-bond donors (Lipinski definition) is 1. The lowest BCUT2D eigenvalue weighted by atomic mass is 9.97. The van der Waals surface area contributed by atoms with Crippen LogP contribution in [0.15, 0.2) is 0 Å². The highest BCUT2D eigenvalue weighted by Crippen LogP contribution is 2.08. The molecular formula is C11H21NO2. The number of ketones is 1. The molecular weight excluding hydrogens is 178 g/mol. The molecule has 1 unspecified atom stereocenters. The SMILES string of the molecule is CC(C)C(=O)CNC(=O)C(C)C(C)C. The fourth-order valence-corrected chi connectivity index (χ4v) is 0.842. The second-order valence-electron chi connectivity index (χ2n) is 4.37.